The van der Waals surface area contributed by atoms with Crippen LogP contribution in [0.4, 0.5) is 5.69 Å². The molecular formula is C19H21N3O2. The van der Waals surface area contributed by atoms with E-state index in [-0.39, 0.29) is 5.91 Å². The monoisotopic (exact) mass is 323 g/mol. The van der Waals surface area contributed by atoms with Gasteiger partial charge in [0.1, 0.15) is 11.4 Å². The van der Waals surface area contributed by atoms with Crippen LogP contribution in [0.2, 0.25) is 0 Å². The SMILES string of the molecule is CCOc1ccc(CC(=O)Nc2ccc3nc(C)c(C)n3c2)cc1. The van der Waals surface area contributed by atoms with Gasteiger partial charge in [-0.2, -0.15) is 0 Å². The van der Waals surface area contributed by atoms with Crippen LogP contribution in [0, 0.1) is 13.8 Å². The molecule has 0 saturated heterocycles. The van der Waals surface area contributed by atoms with Crippen molar-refractivity contribution in [2.75, 3.05) is 11.9 Å². The van der Waals surface area contributed by atoms with Crippen molar-refractivity contribution in [2.45, 2.75) is 27.2 Å². The van der Waals surface area contributed by atoms with Gasteiger partial charge in [-0.15, -0.1) is 0 Å². The Morgan fingerprint density at radius 1 is 1.17 bits per heavy atom. The first-order chi connectivity index (χ1) is 11.6. The third-order valence-electron chi connectivity index (χ3n) is 3.98. The molecule has 2 aromatic heterocycles. The Bertz CT molecular complexity index is 866. The fourth-order valence-corrected chi connectivity index (χ4v) is 2.61. The smallest absolute Gasteiger partial charge is 0.228 e. The van der Waals surface area contributed by atoms with Crippen LogP contribution in [0.1, 0.15) is 23.9 Å². The number of nitrogens with one attached hydrogen (secondary N) is 1. The number of ether oxygens (including phenoxy) is 1. The van der Waals surface area contributed by atoms with Crippen LogP contribution in [0.5, 0.6) is 5.75 Å². The lowest BCUT2D eigenvalue weighted by atomic mass is 10.1. The van der Waals surface area contributed by atoms with Gasteiger partial charge in [-0.1, -0.05) is 12.1 Å². The standard InChI is InChI=1S/C19H21N3O2/c1-4-24-17-8-5-15(6-9-17)11-19(23)21-16-7-10-18-20-13(2)14(3)22(18)12-16/h5-10,12H,4,11H2,1-3H3,(H,21,23). The van der Waals surface area contributed by atoms with Crippen molar-refractivity contribution in [1.82, 2.24) is 9.38 Å². The Balaban J connectivity index is 1.69. The number of carbonyl (C=O) groups excluding carboxylic acids is 1. The predicted octanol–water partition coefficient (Wildman–Crippen LogP) is 3.53. The van der Waals surface area contributed by atoms with Gasteiger partial charge in [-0.05, 0) is 50.6 Å². The molecule has 3 rings (SSSR count). The largest absolute Gasteiger partial charge is 0.494 e. The highest BCUT2D eigenvalue weighted by Crippen LogP contribution is 2.16. The molecule has 1 N–H and O–H groups in total. The maximum Gasteiger partial charge on any atom is 0.228 e. The summed E-state index contributed by atoms with van der Waals surface area (Å²) in [7, 11) is 0. The van der Waals surface area contributed by atoms with E-state index in [0.29, 0.717) is 13.0 Å². The van der Waals surface area contributed by atoms with Gasteiger partial charge >= 0.3 is 0 Å². The van der Waals surface area contributed by atoms with Crippen LogP contribution in [0.25, 0.3) is 5.65 Å². The molecule has 2 heterocycles. The van der Waals surface area contributed by atoms with Gasteiger partial charge in [-0.25, -0.2) is 4.98 Å². The number of hydrogen-bond donors (Lipinski definition) is 1. The van der Waals surface area contributed by atoms with Gasteiger partial charge < -0.3 is 14.5 Å². The number of benzene rings is 1. The summed E-state index contributed by atoms with van der Waals surface area (Å²) >= 11 is 0. The van der Waals surface area contributed by atoms with E-state index < -0.39 is 0 Å². The zero-order chi connectivity index (χ0) is 17.1. The second kappa shape index (κ2) is 6.74. The second-order valence-electron chi connectivity index (χ2n) is 5.73. The van der Waals surface area contributed by atoms with Gasteiger partial charge in [0.05, 0.1) is 24.4 Å². The van der Waals surface area contributed by atoms with Gasteiger partial charge in [0, 0.05) is 11.9 Å². The van der Waals surface area contributed by atoms with Crippen LogP contribution in [-0.2, 0) is 11.2 Å². The maximum absolute atomic E-state index is 12.3. The van der Waals surface area contributed by atoms with Crippen molar-refractivity contribution < 1.29 is 9.53 Å². The van der Waals surface area contributed by atoms with E-state index in [1.165, 1.54) is 0 Å². The van der Waals surface area contributed by atoms with Crippen molar-refractivity contribution >= 4 is 17.2 Å². The summed E-state index contributed by atoms with van der Waals surface area (Å²) in [6.07, 6.45) is 2.23. The molecule has 0 bridgehead atoms. The summed E-state index contributed by atoms with van der Waals surface area (Å²) < 4.78 is 7.39. The summed E-state index contributed by atoms with van der Waals surface area (Å²) in [6.45, 7) is 6.57. The molecule has 5 heteroatoms. The van der Waals surface area contributed by atoms with E-state index in [0.717, 1.165) is 34.0 Å². The van der Waals surface area contributed by atoms with E-state index in [4.69, 9.17) is 4.74 Å². The predicted molar refractivity (Wildman–Crippen MR) is 94.6 cm³/mol. The number of fused-ring (bicyclic) bond motifs is 1. The molecule has 0 radical (unpaired) electrons. The summed E-state index contributed by atoms with van der Waals surface area (Å²) in [5.41, 5.74) is 4.67. The van der Waals surface area contributed by atoms with Crippen LogP contribution in [0.3, 0.4) is 0 Å². The molecule has 0 unspecified atom stereocenters. The Morgan fingerprint density at radius 2 is 1.92 bits per heavy atom. The van der Waals surface area contributed by atoms with E-state index >= 15 is 0 Å². The number of hydrogen-bond acceptors (Lipinski definition) is 3. The molecule has 24 heavy (non-hydrogen) atoms. The first-order valence-electron chi connectivity index (χ1n) is 8.03. The molecule has 5 nitrogen and oxygen atoms in total. The van der Waals surface area contributed by atoms with E-state index in [1.54, 1.807) is 0 Å². The zero-order valence-electron chi connectivity index (χ0n) is 14.2. The van der Waals surface area contributed by atoms with Crippen LogP contribution in [0.15, 0.2) is 42.6 Å². The molecule has 0 aliphatic carbocycles. The topological polar surface area (TPSA) is 55.6 Å². The Labute approximate surface area is 141 Å². The zero-order valence-corrected chi connectivity index (χ0v) is 14.2. The lowest BCUT2D eigenvalue weighted by Crippen LogP contribution is -2.14. The second-order valence-corrected chi connectivity index (χ2v) is 5.73. The number of nitrogens with zero attached hydrogens (tertiary/aromatic N) is 2. The summed E-state index contributed by atoms with van der Waals surface area (Å²) in [5.74, 6) is 0.770. The van der Waals surface area contributed by atoms with Crippen molar-refractivity contribution in [1.29, 1.82) is 0 Å². The number of aryl methyl sites for hydroxylation is 2. The third kappa shape index (κ3) is 3.40. The number of pyridine rings is 1. The quantitative estimate of drug-likeness (QED) is 0.781. The minimum absolute atomic E-state index is 0.0481. The molecule has 1 amide bonds. The fourth-order valence-electron chi connectivity index (χ4n) is 2.61. The lowest BCUT2D eigenvalue weighted by molar-refractivity contribution is -0.115. The third-order valence-corrected chi connectivity index (χ3v) is 3.98. The molecule has 3 aromatic rings. The average Bonchev–Trinajstić information content (AvgIpc) is 2.84. The minimum Gasteiger partial charge on any atom is -0.494 e. The average molecular weight is 323 g/mol. The number of amides is 1. The highest BCUT2D eigenvalue weighted by Gasteiger charge is 2.08. The maximum atomic E-state index is 12.3. The summed E-state index contributed by atoms with van der Waals surface area (Å²) in [5, 5.41) is 2.94. The number of carbonyl (C=O) groups is 1. The van der Waals surface area contributed by atoms with E-state index in [1.807, 2.05) is 67.8 Å². The molecule has 0 saturated carbocycles. The highest BCUT2D eigenvalue weighted by molar-refractivity contribution is 5.92. The molecule has 0 spiro atoms. The summed E-state index contributed by atoms with van der Waals surface area (Å²) in [6, 6.07) is 11.4. The van der Waals surface area contributed by atoms with Crippen LogP contribution < -0.4 is 10.1 Å². The first kappa shape index (κ1) is 16.1. The lowest BCUT2D eigenvalue weighted by Gasteiger charge is -2.08. The van der Waals surface area contributed by atoms with Crippen LogP contribution in [-0.4, -0.2) is 21.9 Å². The van der Waals surface area contributed by atoms with Gasteiger partial charge in [0.2, 0.25) is 5.91 Å². The van der Waals surface area contributed by atoms with E-state index in [2.05, 4.69) is 10.3 Å². The molecule has 0 aliphatic heterocycles. The Morgan fingerprint density at radius 3 is 2.62 bits per heavy atom. The minimum atomic E-state index is -0.0481. The number of rotatable bonds is 5. The molecular weight excluding hydrogens is 302 g/mol. The summed E-state index contributed by atoms with van der Waals surface area (Å²) in [4.78, 5) is 16.7. The van der Waals surface area contributed by atoms with Gasteiger partial charge in [0.25, 0.3) is 0 Å². The first-order valence-corrected chi connectivity index (χ1v) is 8.03. The van der Waals surface area contributed by atoms with E-state index in [9.17, 15) is 4.79 Å². The van der Waals surface area contributed by atoms with Crippen molar-refractivity contribution in [3.63, 3.8) is 0 Å². The molecule has 0 aliphatic rings. The Hall–Kier alpha value is -2.82. The number of aromatic nitrogens is 2. The normalized spacial score (nSPS) is 10.8. The molecule has 1 aromatic carbocycles. The molecule has 0 atom stereocenters. The fraction of sp³-hybridized carbons (Fsp3) is 0.263. The number of anilines is 1. The van der Waals surface area contributed by atoms with Crippen LogP contribution >= 0.6 is 0 Å². The highest BCUT2D eigenvalue weighted by atomic mass is 16.5. The van der Waals surface area contributed by atoms with Gasteiger partial charge in [0.15, 0.2) is 0 Å². The van der Waals surface area contributed by atoms with Gasteiger partial charge in [-0.3, -0.25) is 4.79 Å². The molecule has 124 valence electrons. The van der Waals surface area contributed by atoms with Crippen molar-refractivity contribution in [3.05, 3.63) is 59.5 Å². The number of imidazole rings is 1. The Kier molecular flexibility index (Phi) is 4.51. The van der Waals surface area contributed by atoms with Crippen molar-refractivity contribution in [2.24, 2.45) is 0 Å². The molecule has 0 fully saturated rings. The van der Waals surface area contributed by atoms with Crippen molar-refractivity contribution in [3.8, 4) is 5.75 Å².